The van der Waals surface area contributed by atoms with Gasteiger partial charge in [-0.3, -0.25) is 0 Å². The normalized spacial score (nSPS) is 21.4. The third kappa shape index (κ3) is 3.81. The standard InChI is InChI=1S/C28H28N2O2S/c1-3-16-30(17-4-2)33(31,32)23-14-15-27-26(19-23)24-10-7-11-25(24)28(29-27)22-13-12-20-8-5-6-9-21(20)18-22/h3-10,12-15,18-19,24-25,28-29H,1-2,11,16-17H2. The van der Waals surface area contributed by atoms with Crippen LogP contribution in [0.15, 0.2) is 103 Å². The summed E-state index contributed by atoms with van der Waals surface area (Å²) < 4.78 is 28.0. The Morgan fingerprint density at radius 1 is 0.970 bits per heavy atom. The first-order chi connectivity index (χ1) is 16.0. The molecule has 0 fully saturated rings. The second-order valence-electron chi connectivity index (χ2n) is 8.73. The summed E-state index contributed by atoms with van der Waals surface area (Å²) in [5.74, 6) is 0.522. The van der Waals surface area contributed by atoms with Gasteiger partial charge in [0.25, 0.3) is 0 Å². The van der Waals surface area contributed by atoms with E-state index in [4.69, 9.17) is 0 Å². The number of hydrogen-bond donors (Lipinski definition) is 1. The van der Waals surface area contributed by atoms with E-state index in [2.05, 4.69) is 73.1 Å². The van der Waals surface area contributed by atoms with E-state index in [1.807, 2.05) is 12.1 Å². The predicted molar refractivity (Wildman–Crippen MR) is 136 cm³/mol. The first-order valence-corrected chi connectivity index (χ1v) is 12.7. The number of fused-ring (bicyclic) bond motifs is 4. The van der Waals surface area contributed by atoms with Gasteiger partial charge in [0.15, 0.2) is 0 Å². The zero-order chi connectivity index (χ0) is 23.0. The van der Waals surface area contributed by atoms with E-state index in [0.717, 1.165) is 17.7 Å². The third-order valence-electron chi connectivity index (χ3n) is 6.77. The van der Waals surface area contributed by atoms with Crippen molar-refractivity contribution in [1.82, 2.24) is 4.31 Å². The van der Waals surface area contributed by atoms with Crippen LogP contribution in [0.1, 0.15) is 29.5 Å². The molecule has 168 valence electrons. The Hall–Kier alpha value is -3.15. The zero-order valence-electron chi connectivity index (χ0n) is 18.5. The number of rotatable bonds is 7. The lowest BCUT2D eigenvalue weighted by atomic mass is 9.77. The summed E-state index contributed by atoms with van der Waals surface area (Å²) >= 11 is 0. The molecule has 3 aromatic rings. The topological polar surface area (TPSA) is 49.4 Å². The molecule has 1 heterocycles. The van der Waals surface area contributed by atoms with Crippen molar-refractivity contribution in [3.63, 3.8) is 0 Å². The van der Waals surface area contributed by atoms with Crippen LogP contribution in [0.2, 0.25) is 0 Å². The summed E-state index contributed by atoms with van der Waals surface area (Å²) in [6, 6.07) is 20.7. The maximum Gasteiger partial charge on any atom is 0.243 e. The molecule has 0 bridgehead atoms. The van der Waals surface area contributed by atoms with Gasteiger partial charge in [-0.15, -0.1) is 13.2 Å². The average molecular weight is 457 g/mol. The van der Waals surface area contributed by atoms with E-state index in [0.29, 0.717) is 10.8 Å². The minimum absolute atomic E-state index is 0.169. The SMILES string of the molecule is C=CCN(CC=C)S(=O)(=O)c1ccc2c(c1)C1C=CCC1C(c1ccc3ccccc3c1)N2. The number of nitrogens with one attached hydrogen (secondary N) is 1. The van der Waals surface area contributed by atoms with Gasteiger partial charge in [-0.05, 0) is 58.5 Å². The molecule has 0 aromatic heterocycles. The van der Waals surface area contributed by atoms with Crippen molar-refractivity contribution in [2.75, 3.05) is 18.4 Å². The lowest BCUT2D eigenvalue weighted by Gasteiger charge is -2.38. The van der Waals surface area contributed by atoms with E-state index in [-0.39, 0.29) is 25.0 Å². The molecule has 2 aliphatic rings. The van der Waals surface area contributed by atoms with Gasteiger partial charge in [-0.2, -0.15) is 4.31 Å². The molecule has 0 spiro atoms. The number of anilines is 1. The van der Waals surface area contributed by atoms with Crippen LogP contribution in [0, 0.1) is 5.92 Å². The number of hydrogen-bond acceptors (Lipinski definition) is 3. The van der Waals surface area contributed by atoms with Crippen molar-refractivity contribution >= 4 is 26.5 Å². The maximum atomic E-state index is 13.3. The number of benzene rings is 3. The highest BCUT2D eigenvalue weighted by atomic mass is 32.2. The van der Waals surface area contributed by atoms with Crippen LogP contribution in [-0.2, 0) is 10.0 Å². The summed E-state index contributed by atoms with van der Waals surface area (Å²) in [7, 11) is -3.64. The highest BCUT2D eigenvalue weighted by molar-refractivity contribution is 7.89. The van der Waals surface area contributed by atoms with Crippen LogP contribution in [-0.4, -0.2) is 25.8 Å². The molecular formula is C28H28N2O2S. The summed E-state index contributed by atoms with van der Waals surface area (Å²) in [5, 5.41) is 6.19. The fourth-order valence-corrected chi connectivity index (χ4v) is 6.59. The van der Waals surface area contributed by atoms with Crippen LogP contribution in [0.3, 0.4) is 0 Å². The molecule has 5 rings (SSSR count). The summed E-state index contributed by atoms with van der Waals surface area (Å²) in [6.07, 6.45) is 8.63. The zero-order valence-corrected chi connectivity index (χ0v) is 19.3. The number of nitrogens with zero attached hydrogens (tertiary/aromatic N) is 1. The molecule has 33 heavy (non-hydrogen) atoms. The summed E-state index contributed by atoms with van der Waals surface area (Å²) in [6.45, 7) is 7.90. The molecule has 0 saturated carbocycles. The van der Waals surface area contributed by atoms with Gasteiger partial charge in [-0.1, -0.05) is 60.7 Å². The quantitative estimate of drug-likeness (QED) is 0.442. The Morgan fingerprint density at radius 3 is 2.48 bits per heavy atom. The number of allylic oxidation sites excluding steroid dienone is 2. The van der Waals surface area contributed by atoms with Crippen molar-refractivity contribution in [3.05, 3.63) is 109 Å². The summed E-state index contributed by atoms with van der Waals surface area (Å²) in [4.78, 5) is 0.315. The van der Waals surface area contributed by atoms with E-state index in [1.54, 1.807) is 18.2 Å². The number of sulfonamides is 1. The fraction of sp³-hybridized carbons (Fsp3) is 0.214. The van der Waals surface area contributed by atoms with E-state index in [9.17, 15) is 8.42 Å². The van der Waals surface area contributed by atoms with Crippen LogP contribution < -0.4 is 5.32 Å². The van der Waals surface area contributed by atoms with Crippen LogP contribution >= 0.6 is 0 Å². The minimum atomic E-state index is -3.64. The third-order valence-corrected chi connectivity index (χ3v) is 8.60. The van der Waals surface area contributed by atoms with Gasteiger partial charge >= 0.3 is 0 Å². The van der Waals surface area contributed by atoms with Crippen LogP contribution in [0.4, 0.5) is 5.69 Å². The van der Waals surface area contributed by atoms with Gasteiger partial charge in [0.05, 0.1) is 10.9 Å². The van der Waals surface area contributed by atoms with Crippen molar-refractivity contribution < 1.29 is 8.42 Å². The minimum Gasteiger partial charge on any atom is -0.378 e. The molecule has 1 N–H and O–H groups in total. The van der Waals surface area contributed by atoms with Crippen molar-refractivity contribution in [1.29, 1.82) is 0 Å². The lowest BCUT2D eigenvalue weighted by molar-refractivity contribution is 0.425. The Morgan fingerprint density at radius 2 is 1.73 bits per heavy atom. The molecule has 0 amide bonds. The largest absolute Gasteiger partial charge is 0.378 e. The molecule has 4 nitrogen and oxygen atoms in total. The Balaban J connectivity index is 1.53. The average Bonchev–Trinajstić information content (AvgIpc) is 3.33. The van der Waals surface area contributed by atoms with Gasteiger partial charge in [0, 0.05) is 24.7 Å². The fourth-order valence-electron chi connectivity index (χ4n) is 5.17. The van der Waals surface area contributed by atoms with Crippen molar-refractivity contribution in [2.24, 2.45) is 5.92 Å². The van der Waals surface area contributed by atoms with Crippen LogP contribution in [0.25, 0.3) is 10.8 Å². The second-order valence-corrected chi connectivity index (χ2v) is 10.7. The van der Waals surface area contributed by atoms with E-state index in [1.165, 1.54) is 20.6 Å². The summed E-state index contributed by atoms with van der Waals surface area (Å²) in [5.41, 5.74) is 3.31. The first kappa shape index (κ1) is 21.7. The highest BCUT2D eigenvalue weighted by Gasteiger charge is 2.38. The van der Waals surface area contributed by atoms with Gasteiger partial charge in [0.2, 0.25) is 10.0 Å². The molecule has 1 aliphatic carbocycles. The van der Waals surface area contributed by atoms with Gasteiger partial charge in [-0.25, -0.2) is 8.42 Å². The molecule has 1 aliphatic heterocycles. The van der Waals surface area contributed by atoms with Gasteiger partial charge in [0.1, 0.15) is 0 Å². The monoisotopic (exact) mass is 456 g/mol. The maximum absolute atomic E-state index is 13.3. The molecule has 0 radical (unpaired) electrons. The molecular weight excluding hydrogens is 428 g/mol. The molecule has 3 atom stereocenters. The van der Waals surface area contributed by atoms with Crippen molar-refractivity contribution in [3.8, 4) is 0 Å². The van der Waals surface area contributed by atoms with E-state index < -0.39 is 10.0 Å². The highest BCUT2D eigenvalue weighted by Crippen LogP contribution is 2.50. The molecule has 3 unspecified atom stereocenters. The second kappa shape index (κ2) is 8.65. The molecule has 3 aromatic carbocycles. The molecule has 0 saturated heterocycles. The van der Waals surface area contributed by atoms with Crippen LogP contribution in [0.5, 0.6) is 0 Å². The first-order valence-electron chi connectivity index (χ1n) is 11.3. The smallest absolute Gasteiger partial charge is 0.243 e. The molecule has 5 heteroatoms. The predicted octanol–water partition coefficient (Wildman–Crippen LogP) is 6.03. The Bertz CT molecular complexity index is 1350. The lowest BCUT2D eigenvalue weighted by Crippen LogP contribution is -2.32. The van der Waals surface area contributed by atoms with Crippen molar-refractivity contribution in [2.45, 2.75) is 23.3 Å². The van der Waals surface area contributed by atoms with Gasteiger partial charge < -0.3 is 5.32 Å². The Labute approximate surface area is 196 Å². The van der Waals surface area contributed by atoms with E-state index >= 15 is 0 Å². The Kier molecular flexibility index (Phi) is 5.69.